The van der Waals surface area contributed by atoms with Crippen LogP contribution in [-0.2, 0) is 17.9 Å². The van der Waals surface area contributed by atoms with Gasteiger partial charge in [0.25, 0.3) is 0 Å². The molecule has 2 rings (SSSR count). The third-order valence-electron chi connectivity index (χ3n) is 4.10. The van der Waals surface area contributed by atoms with Crippen molar-refractivity contribution in [1.29, 1.82) is 0 Å². The van der Waals surface area contributed by atoms with Gasteiger partial charge in [0.2, 0.25) is 5.91 Å². The molecule has 1 heterocycles. The standard InChI is InChI=1S/C13H19F3N4OS/c1-2-20-10(18-19-12(20)22)7-17-11(21)8-5-3-4-6-9(8)13(14,15)16/h8-9H,2-7H2,1H3,(H,17,21)(H,19,22)/t8-,9-/m1/s1. The van der Waals surface area contributed by atoms with E-state index < -0.39 is 23.9 Å². The highest BCUT2D eigenvalue weighted by Gasteiger charge is 2.47. The van der Waals surface area contributed by atoms with Gasteiger partial charge in [-0.15, -0.1) is 0 Å². The summed E-state index contributed by atoms with van der Waals surface area (Å²) in [7, 11) is 0. The molecular weight excluding hydrogens is 317 g/mol. The molecular formula is C13H19F3N4OS. The van der Waals surface area contributed by atoms with Crippen LogP contribution in [0.4, 0.5) is 13.2 Å². The van der Waals surface area contributed by atoms with Crippen LogP contribution in [0.2, 0.25) is 0 Å². The number of aromatic nitrogens is 3. The molecule has 1 saturated carbocycles. The molecule has 5 nitrogen and oxygen atoms in total. The third kappa shape index (κ3) is 3.68. The van der Waals surface area contributed by atoms with Gasteiger partial charge in [0.1, 0.15) is 0 Å². The first-order valence-electron chi connectivity index (χ1n) is 7.33. The summed E-state index contributed by atoms with van der Waals surface area (Å²) in [5.74, 6) is -2.60. The Kier molecular flexibility index (Phi) is 5.25. The molecule has 0 aliphatic heterocycles. The largest absolute Gasteiger partial charge is 0.392 e. The molecule has 0 aromatic carbocycles. The Morgan fingerprint density at radius 3 is 2.77 bits per heavy atom. The highest BCUT2D eigenvalue weighted by molar-refractivity contribution is 7.71. The van der Waals surface area contributed by atoms with Gasteiger partial charge >= 0.3 is 6.18 Å². The number of amides is 1. The zero-order valence-corrected chi connectivity index (χ0v) is 13.1. The van der Waals surface area contributed by atoms with Crippen LogP contribution in [0.15, 0.2) is 0 Å². The van der Waals surface area contributed by atoms with Gasteiger partial charge in [0.15, 0.2) is 10.6 Å². The van der Waals surface area contributed by atoms with Gasteiger partial charge in [-0.1, -0.05) is 12.8 Å². The van der Waals surface area contributed by atoms with Crippen molar-refractivity contribution in [2.45, 2.75) is 51.9 Å². The lowest BCUT2D eigenvalue weighted by molar-refractivity contribution is -0.198. The fourth-order valence-corrected chi connectivity index (χ4v) is 3.23. The summed E-state index contributed by atoms with van der Waals surface area (Å²) in [6, 6.07) is 0. The smallest absolute Gasteiger partial charge is 0.349 e. The molecule has 0 bridgehead atoms. The highest BCUT2D eigenvalue weighted by Crippen LogP contribution is 2.41. The first-order chi connectivity index (χ1) is 10.3. The lowest BCUT2D eigenvalue weighted by Gasteiger charge is -2.31. The van der Waals surface area contributed by atoms with Crippen molar-refractivity contribution in [3.8, 4) is 0 Å². The van der Waals surface area contributed by atoms with Crippen molar-refractivity contribution in [1.82, 2.24) is 20.1 Å². The number of nitrogens with one attached hydrogen (secondary N) is 2. The van der Waals surface area contributed by atoms with E-state index in [2.05, 4.69) is 15.5 Å². The number of rotatable bonds is 4. The van der Waals surface area contributed by atoms with Gasteiger partial charge in [0.05, 0.1) is 12.5 Å². The van der Waals surface area contributed by atoms with Crippen molar-refractivity contribution in [3.05, 3.63) is 10.6 Å². The van der Waals surface area contributed by atoms with E-state index in [9.17, 15) is 18.0 Å². The SMILES string of the molecule is CCn1c(CNC(=O)[C@@H]2CCCC[C@H]2C(F)(F)F)n[nH]c1=S. The first-order valence-corrected chi connectivity index (χ1v) is 7.74. The number of hydrogen-bond acceptors (Lipinski definition) is 3. The summed E-state index contributed by atoms with van der Waals surface area (Å²) in [5.41, 5.74) is 0. The Labute approximate surface area is 131 Å². The monoisotopic (exact) mass is 336 g/mol. The Morgan fingerprint density at radius 1 is 1.45 bits per heavy atom. The number of carbonyl (C=O) groups is 1. The van der Waals surface area contributed by atoms with Crippen LogP contribution >= 0.6 is 12.2 Å². The molecule has 2 atom stereocenters. The van der Waals surface area contributed by atoms with E-state index in [0.717, 1.165) is 0 Å². The van der Waals surface area contributed by atoms with E-state index >= 15 is 0 Å². The predicted molar refractivity (Wildman–Crippen MR) is 76.4 cm³/mol. The molecule has 22 heavy (non-hydrogen) atoms. The van der Waals surface area contributed by atoms with Crippen LogP contribution in [0.5, 0.6) is 0 Å². The number of nitrogens with zero attached hydrogens (tertiary/aromatic N) is 2. The van der Waals surface area contributed by atoms with Crippen molar-refractivity contribution in [2.75, 3.05) is 0 Å². The lowest BCUT2D eigenvalue weighted by Crippen LogP contribution is -2.42. The summed E-state index contributed by atoms with van der Waals surface area (Å²) in [6.45, 7) is 2.52. The van der Waals surface area contributed by atoms with Crippen LogP contribution in [-0.4, -0.2) is 26.8 Å². The fraction of sp³-hybridized carbons (Fsp3) is 0.769. The van der Waals surface area contributed by atoms with E-state index in [4.69, 9.17) is 12.2 Å². The molecule has 0 spiro atoms. The Hall–Kier alpha value is -1.38. The summed E-state index contributed by atoms with van der Waals surface area (Å²) in [4.78, 5) is 12.2. The summed E-state index contributed by atoms with van der Waals surface area (Å²) >= 11 is 5.03. The molecule has 2 N–H and O–H groups in total. The second kappa shape index (κ2) is 6.80. The molecule has 0 unspecified atom stereocenters. The number of carbonyl (C=O) groups excluding carboxylic acids is 1. The number of halogens is 3. The maximum absolute atomic E-state index is 13.0. The number of aromatic amines is 1. The van der Waals surface area contributed by atoms with Gasteiger partial charge in [0, 0.05) is 12.5 Å². The summed E-state index contributed by atoms with van der Waals surface area (Å²) < 4.78 is 41.2. The van der Waals surface area contributed by atoms with Crippen LogP contribution in [0.3, 0.4) is 0 Å². The molecule has 0 radical (unpaired) electrons. The van der Waals surface area contributed by atoms with Crippen molar-refractivity contribution in [3.63, 3.8) is 0 Å². The second-order valence-corrected chi connectivity index (χ2v) is 5.83. The second-order valence-electron chi connectivity index (χ2n) is 5.45. The zero-order chi connectivity index (χ0) is 16.3. The van der Waals surface area contributed by atoms with Crippen LogP contribution in [0, 0.1) is 16.6 Å². The molecule has 124 valence electrons. The molecule has 1 aliphatic carbocycles. The van der Waals surface area contributed by atoms with Crippen molar-refractivity contribution < 1.29 is 18.0 Å². The van der Waals surface area contributed by atoms with Crippen molar-refractivity contribution in [2.24, 2.45) is 11.8 Å². The number of alkyl halides is 3. The minimum Gasteiger partial charge on any atom is -0.349 e. The lowest BCUT2D eigenvalue weighted by atomic mass is 9.78. The minimum absolute atomic E-state index is 0.0231. The Morgan fingerprint density at radius 2 is 2.14 bits per heavy atom. The van der Waals surface area contributed by atoms with Gasteiger partial charge in [-0.05, 0) is 32.0 Å². The summed E-state index contributed by atoms with van der Waals surface area (Å²) in [5, 5.41) is 9.16. The van der Waals surface area contributed by atoms with Gasteiger partial charge in [-0.3, -0.25) is 9.89 Å². The molecule has 1 fully saturated rings. The predicted octanol–water partition coefficient (Wildman–Crippen LogP) is 2.95. The Bertz CT molecular complexity index is 581. The molecule has 1 aromatic heterocycles. The van der Waals surface area contributed by atoms with Gasteiger partial charge in [-0.25, -0.2) is 0 Å². The molecule has 9 heteroatoms. The number of hydrogen-bond donors (Lipinski definition) is 2. The van der Waals surface area contributed by atoms with Crippen LogP contribution in [0.1, 0.15) is 38.4 Å². The zero-order valence-electron chi connectivity index (χ0n) is 12.2. The fourth-order valence-electron chi connectivity index (χ4n) is 2.95. The van der Waals surface area contributed by atoms with E-state index in [1.807, 2.05) is 6.92 Å². The molecule has 1 aromatic rings. The average Bonchev–Trinajstić information content (AvgIpc) is 2.84. The third-order valence-corrected chi connectivity index (χ3v) is 4.41. The Balaban J connectivity index is 2.03. The van der Waals surface area contributed by atoms with E-state index in [1.54, 1.807) is 4.57 Å². The van der Waals surface area contributed by atoms with E-state index in [0.29, 0.717) is 30.0 Å². The topological polar surface area (TPSA) is 62.7 Å². The minimum atomic E-state index is -4.33. The van der Waals surface area contributed by atoms with E-state index in [-0.39, 0.29) is 19.4 Å². The first kappa shape index (κ1) is 17.0. The van der Waals surface area contributed by atoms with Gasteiger partial charge in [-0.2, -0.15) is 18.3 Å². The molecule has 0 saturated heterocycles. The number of H-pyrrole nitrogens is 1. The maximum atomic E-state index is 13.0. The van der Waals surface area contributed by atoms with E-state index in [1.165, 1.54) is 0 Å². The highest BCUT2D eigenvalue weighted by atomic mass is 32.1. The molecule has 1 amide bonds. The van der Waals surface area contributed by atoms with Gasteiger partial charge < -0.3 is 9.88 Å². The quantitative estimate of drug-likeness (QED) is 0.831. The van der Waals surface area contributed by atoms with Crippen LogP contribution < -0.4 is 5.32 Å². The normalized spacial score (nSPS) is 22.5. The van der Waals surface area contributed by atoms with Crippen LogP contribution in [0.25, 0.3) is 0 Å². The summed E-state index contributed by atoms with van der Waals surface area (Å²) in [6.07, 6.45) is -2.86. The van der Waals surface area contributed by atoms with Crippen molar-refractivity contribution >= 4 is 18.1 Å². The average molecular weight is 336 g/mol. The maximum Gasteiger partial charge on any atom is 0.392 e. The molecule has 1 aliphatic rings.